The van der Waals surface area contributed by atoms with E-state index in [9.17, 15) is 23.4 Å². The molecule has 1 saturated heterocycles. The second-order valence-electron chi connectivity index (χ2n) is 8.62. The van der Waals surface area contributed by atoms with Crippen LogP contribution in [0.4, 0.5) is 22.7 Å². The Morgan fingerprint density at radius 3 is 2.41 bits per heavy atom. The first kappa shape index (κ1) is 26.7. The van der Waals surface area contributed by atoms with Crippen LogP contribution in [0.25, 0.3) is 0 Å². The molecule has 0 amide bonds. The molecule has 4 rings (SSSR count). The molecule has 0 atom stereocenters. The Bertz CT molecular complexity index is 1350. The van der Waals surface area contributed by atoms with Crippen LogP contribution in [0, 0.1) is 6.92 Å². The summed E-state index contributed by atoms with van der Waals surface area (Å²) in [5.41, 5.74) is 1.29. The number of sulfone groups is 1. The Morgan fingerprint density at radius 2 is 1.81 bits per heavy atom. The molecule has 1 aromatic carbocycles. The normalized spacial score (nSPS) is 14.5. The Labute approximate surface area is 218 Å². The van der Waals surface area contributed by atoms with Gasteiger partial charge in [0.25, 0.3) is 0 Å². The number of aliphatic hydroxyl groups excluding tert-OH is 1. The van der Waals surface area contributed by atoms with Crippen molar-refractivity contribution in [3.05, 3.63) is 46.5 Å². The highest BCUT2D eigenvalue weighted by Gasteiger charge is 2.20. The van der Waals surface area contributed by atoms with Gasteiger partial charge < -0.3 is 20.4 Å². The van der Waals surface area contributed by atoms with Gasteiger partial charge in [-0.1, -0.05) is 23.5 Å². The Kier molecular flexibility index (Phi) is 8.22. The number of aliphatic hydroxyl groups is 1. The van der Waals surface area contributed by atoms with Crippen LogP contribution in [0.1, 0.15) is 20.9 Å². The number of anilines is 4. The number of hydrogen-bond acceptors (Lipinski definition) is 12. The van der Waals surface area contributed by atoms with Crippen LogP contribution < -0.4 is 15.5 Å². The van der Waals surface area contributed by atoms with Crippen molar-refractivity contribution in [2.45, 2.75) is 18.4 Å². The lowest BCUT2D eigenvalue weighted by molar-refractivity contribution is 0.0701. The molecule has 1 aliphatic heterocycles. The molecule has 0 unspecified atom stereocenters. The van der Waals surface area contributed by atoms with E-state index < -0.39 is 15.8 Å². The van der Waals surface area contributed by atoms with E-state index in [0.29, 0.717) is 35.6 Å². The van der Waals surface area contributed by atoms with Gasteiger partial charge in [0.15, 0.2) is 15.0 Å². The van der Waals surface area contributed by atoms with E-state index in [1.54, 1.807) is 31.2 Å². The first-order valence-electron chi connectivity index (χ1n) is 11.6. The van der Waals surface area contributed by atoms with E-state index in [1.807, 2.05) is 6.07 Å². The largest absolute Gasteiger partial charge is 0.477 e. The number of rotatable bonds is 10. The fourth-order valence-electron chi connectivity index (χ4n) is 3.88. The molecular formula is C23H29N7O5S2. The molecule has 0 radical (unpaired) electrons. The number of β-amino-alcohol motifs (C(OH)–C–C–N with tert-alkyl or cyclic N) is 1. The Balaban J connectivity index is 1.55. The predicted molar refractivity (Wildman–Crippen MR) is 142 cm³/mol. The number of thiazole rings is 1. The van der Waals surface area contributed by atoms with E-state index in [-0.39, 0.29) is 22.3 Å². The fourth-order valence-corrected chi connectivity index (χ4v) is 5.31. The summed E-state index contributed by atoms with van der Waals surface area (Å²) in [5.74, 6) is 0.477. The number of carboxylic acid groups (broad SMARTS) is 1. The molecule has 1 aliphatic rings. The van der Waals surface area contributed by atoms with Gasteiger partial charge in [0.05, 0.1) is 17.2 Å². The van der Waals surface area contributed by atoms with Crippen molar-refractivity contribution in [2.24, 2.45) is 0 Å². The smallest absolute Gasteiger partial charge is 0.347 e. The summed E-state index contributed by atoms with van der Waals surface area (Å²) in [4.78, 5) is 29.6. The third-order valence-corrected chi connectivity index (χ3v) is 8.05. The maximum Gasteiger partial charge on any atom is 0.347 e. The fraction of sp³-hybridized carbons (Fsp3) is 0.391. The van der Waals surface area contributed by atoms with Crippen molar-refractivity contribution in [3.8, 4) is 0 Å². The first-order chi connectivity index (χ1) is 17.6. The maximum absolute atomic E-state index is 11.7. The van der Waals surface area contributed by atoms with Gasteiger partial charge in [0, 0.05) is 51.6 Å². The highest BCUT2D eigenvalue weighted by molar-refractivity contribution is 7.90. The molecule has 14 heteroatoms. The minimum absolute atomic E-state index is 0.117. The van der Waals surface area contributed by atoms with Crippen LogP contribution in [0.5, 0.6) is 0 Å². The molecule has 37 heavy (non-hydrogen) atoms. The highest BCUT2D eigenvalue weighted by Crippen LogP contribution is 2.27. The SMILES string of the molecule is Cc1nc(Nc2nc(NCc3ccc(S(C)(=O)=O)cc3)cc(N3CCN(CCO)CC3)n2)sc1C(=O)O. The number of carbonyl (C=O) groups is 1. The third-order valence-electron chi connectivity index (χ3n) is 5.86. The van der Waals surface area contributed by atoms with Gasteiger partial charge >= 0.3 is 5.97 Å². The standard InChI is InChI=1S/C23H29N7O5S2/c1-15-20(21(32)33)36-23(25-15)28-22-26-18(24-14-16-3-5-17(6-4-16)37(2,34)35)13-19(27-22)30-9-7-29(8-10-30)11-12-31/h3-6,13,31H,7-12,14H2,1-2H3,(H,32,33)(H2,24,25,26,27,28). The number of aromatic nitrogens is 3. The highest BCUT2D eigenvalue weighted by atomic mass is 32.2. The van der Waals surface area contributed by atoms with Gasteiger partial charge in [0.2, 0.25) is 5.95 Å². The van der Waals surface area contributed by atoms with Crippen LogP contribution in [-0.4, -0.2) is 90.0 Å². The van der Waals surface area contributed by atoms with E-state index in [1.165, 1.54) is 6.26 Å². The minimum Gasteiger partial charge on any atom is -0.477 e. The molecule has 3 heterocycles. The average Bonchev–Trinajstić information content (AvgIpc) is 3.23. The maximum atomic E-state index is 11.7. The first-order valence-corrected chi connectivity index (χ1v) is 14.3. The second-order valence-corrected chi connectivity index (χ2v) is 11.6. The zero-order valence-corrected chi connectivity index (χ0v) is 22.1. The zero-order chi connectivity index (χ0) is 26.6. The van der Waals surface area contributed by atoms with Crippen LogP contribution in [0.3, 0.4) is 0 Å². The molecule has 198 valence electrons. The summed E-state index contributed by atoms with van der Waals surface area (Å²) in [7, 11) is -3.27. The summed E-state index contributed by atoms with van der Waals surface area (Å²) in [6, 6.07) is 8.48. The lowest BCUT2D eigenvalue weighted by Gasteiger charge is -2.35. The number of aryl methyl sites for hydroxylation is 1. The predicted octanol–water partition coefficient (Wildman–Crippen LogP) is 1.81. The third kappa shape index (κ3) is 6.91. The number of aromatic carboxylic acids is 1. The molecule has 12 nitrogen and oxygen atoms in total. The van der Waals surface area contributed by atoms with Crippen molar-refractivity contribution in [2.75, 3.05) is 61.1 Å². The Morgan fingerprint density at radius 1 is 1.11 bits per heavy atom. The molecule has 2 aromatic heterocycles. The monoisotopic (exact) mass is 547 g/mol. The minimum atomic E-state index is -3.27. The molecule has 0 spiro atoms. The second kappa shape index (κ2) is 11.4. The number of nitrogens with one attached hydrogen (secondary N) is 2. The van der Waals surface area contributed by atoms with Crippen molar-refractivity contribution in [1.29, 1.82) is 0 Å². The van der Waals surface area contributed by atoms with Crippen LogP contribution in [0.2, 0.25) is 0 Å². The van der Waals surface area contributed by atoms with Crippen molar-refractivity contribution in [1.82, 2.24) is 19.9 Å². The topological polar surface area (TPSA) is 161 Å². The number of piperazine rings is 1. The van der Waals surface area contributed by atoms with Gasteiger partial charge in [-0.25, -0.2) is 18.2 Å². The quantitative estimate of drug-likeness (QED) is 0.292. The molecule has 1 fully saturated rings. The van der Waals surface area contributed by atoms with Gasteiger partial charge in [-0.3, -0.25) is 10.2 Å². The lowest BCUT2D eigenvalue weighted by Crippen LogP contribution is -2.47. The summed E-state index contributed by atoms with van der Waals surface area (Å²) in [5, 5.41) is 25.2. The van der Waals surface area contributed by atoms with Gasteiger partial charge in [-0.05, 0) is 24.6 Å². The van der Waals surface area contributed by atoms with Crippen LogP contribution in [0.15, 0.2) is 35.2 Å². The van der Waals surface area contributed by atoms with E-state index in [4.69, 9.17) is 0 Å². The van der Waals surface area contributed by atoms with Crippen molar-refractivity contribution in [3.63, 3.8) is 0 Å². The number of benzene rings is 1. The van der Waals surface area contributed by atoms with E-state index in [2.05, 4.69) is 35.4 Å². The number of nitrogens with zero attached hydrogens (tertiary/aromatic N) is 5. The van der Waals surface area contributed by atoms with Gasteiger partial charge in [0.1, 0.15) is 16.5 Å². The molecule has 4 N–H and O–H groups in total. The van der Waals surface area contributed by atoms with Gasteiger partial charge in [-0.15, -0.1) is 0 Å². The van der Waals surface area contributed by atoms with E-state index in [0.717, 1.165) is 43.1 Å². The summed E-state index contributed by atoms with van der Waals surface area (Å²) < 4.78 is 23.4. The number of hydrogen-bond donors (Lipinski definition) is 4. The molecular weight excluding hydrogens is 518 g/mol. The van der Waals surface area contributed by atoms with Crippen LogP contribution in [-0.2, 0) is 16.4 Å². The van der Waals surface area contributed by atoms with E-state index >= 15 is 0 Å². The molecule has 3 aromatic rings. The van der Waals surface area contributed by atoms with Crippen molar-refractivity contribution >= 4 is 49.9 Å². The van der Waals surface area contributed by atoms with Gasteiger partial charge in [-0.2, -0.15) is 9.97 Å². The average molecular weight is 548 g/mol. The number of carboxylic acids is 1. The summed E-state index contributed by atoms with van der Waals surface area (Å²) in [6.45, 7) is 5.81. The molecule has 0 aliphatic carbocycles. The summed E-state index contributed by atoms with van der Waals surface area (Å²) >= 11 is 1.01. The molecule has 0 bridgehead atoms. The molecule has 0 saturated carbocycles. The zero-order valence-electron chi connectivity index (χ0n) is 20.5. The lowest BCUT2D eigenvalue weighted by atomic mass is 10.2. The van der Waals surface area contributed by atoms with Crippen LogP contribution >= 0.6 is 11.3 Å². The summed E-state index contributed by atoms with van der Waals surface area (Å²) in [6.07, 6.45) is 1.17. The Hall–Kier alpha value is -3.33. The van der Waals surface area contributed by atoms with Crippen molar-refractivity contribution < 1.29 is 23.4 Å².